The van der Waals surface area contributed by atoms with Crippen LogP contribution >= 0.6 is 24.0 Å². The van der Waals surface area contributed by atoms with E-state index in [-0.39, 0.29) is 24.0 Å². The third kappa shape index (κ3) is 8.47. The zero-order valence-electron chi connectivity index (χ0n) is 13.8. The largest absolute Gasteiger partial charge is 0.379 e. The quantitative estimate of drug-likeness (QED) is 0.295. The van der Waals surface area contributed by atoms with Crippen LogP contribution in [0.3, 0.4) is 0 Å². The molecule has 1 aliphatic rings. The van der Waals surface area contributed by atoms with Crippen molar-refractivity contribution in [2.75, 3.05) is 45.9 Å². The second-order valence-electron chi connectivity index (χ2n) is 5.25. The smallest absolute Gasteiger partial charge is 0.191 e. The zero-order valence-corrected chi connectivity index (χ0v) is 16.2. The normalized spacial score (nSPS) is 15.8. The topological polar surface area (TPSA) is 61.8 Å². The number of morpholine rings is 1. The molecule has 0 amide bonds. The van der Waals surface area contributed by atoms with Crippen molar-refractivity contribution in [3.63, 3.8) is 0 Å². The van der Waals surface area contributed by atoms with E-state index in [4.69, 9.17) is 4.74 Å². The molecule has 0 unspecified atom stereocenters. The first-order valence-electron chi connectivity index (χ1n) is 8.10. The number of halogens is 1. The van der Waals surface area contributed by atoms with Gasteiger partial charge in [0.2, 0.25) is 0 Å². The molecule has 1 aromatic heterocycles. The fraction of sp³-hybridized carbons (Fsp3) is 0.625. The van der Waals surface area contributed by atoms with Crippen molar-refractivity contribution in [2.24, 2.45) is 4.99 Å². The number of guanidine groups is 1. The van der Waals surface area contributed by atoms with E-state index >= 15 is 0 Å². The van der Waals surface area contributed by atoms with Crippen LogP contribution in [0.25, 0.3) is 0 Å². The van der Waals surface area contributed by atoms with Gasteiger partial charge in [0.25, 0.3) is 0 Å². The molecule has 0 saturated carbocycles. The van der Waals surface area contributed by atoms with Gasteiger partial charge in [-0.1, -0.05) is 6.07 Å². The lowest BCUT2D eigenvalue weighted by molar-refractivity contribution is 0.0376. The standard InChI is InChI=1S/C16H27N5O.HI/c1-2-17-16(20-14-15-6-3-4-7-18-15)19-8-5-9-21-10-12-22-13-11-21;/h3-4,6-7H,2,5,8-14H2,1H3,(H2,17,19,20);1H. The Kier molecular flexibility index (Phi) is 10.9. The van der Waals surface area contributed by atoms with Gasteiger partial charge in [-0.3, -0.25) is 9.88 Å². The van der Waals surface area contributed by atoms with Gasteiger partial charge in [-0.15, -0.1) is 24.0 Å². The van der Waals surface area contributed by atoms with Crippen molar-refractivity contribution in [3.05, 3.63) is 30.1 Å². The van der Waals surface area contributed by atoms with Crippen LogP contribution in [0.15, 0.2) is 29.4 Å². The van der Waals surface area contributed by atoms with Crippen LogP contribution in [0.1, 0.15) is 19.0 Å². The number of nitrogens with zero attached hydrogens (tertiary/aromatic N) is 3. The third-order valence-electron chi connectivity index (χ3n) is 3.52. The predicted molar refractivity (Wildman–Crippen MR) is 104 cm³/mol. The Labute approximate surface area is 156 Å². The summed E-state index contributed by atoms with van der Waals surface area (Å²) in [5, 5.41) is 6.65. The van der Waals surface area contributed by atoms with Crippen molar-refractivity contribution >= 4 is 29.9 Å². The van der Waals surface area contributed by atoms with Crippen LogP contribution < -0.4 is 10.6 Å². The van der Waals surface area contributed by atoms with Crippen LogP contribution in [0, 0.1) is 0 Å². The Hall–Kier alpha value is -0.930. The number of pyridine rings is 1. The minimum absolute atomic E-state index is 0. The summed E-state index contributed by atoms with van der Waals surface area (Å²) in [5.41, 5.74) is 0.980. The molecule has 130 valence electrons. The van der Waals surface area contributed by atoms with Crippen LogP contribution in [-0.2, 0) is 11.3 Å². The maximum absolute atomic E-state index is 5.36. The van der Waals surface area contributed by atoms with E-state index < -0.39 is 0 Å². The number of hydrogen-bond acceptors (Lipinski definition) is 4. The van der Waals surface area contributed by atoms with E-state index in [2.05, 4.69) is 32.4 Å². The molecule has 2 rings (SSSR count). The van der Waals surface area contributed by atoms with Gasteiger partial charge in [0.1, 0.15) is 0 Å². The van der Waals surface area contributed by atoms with Crippen LogP contribution in [0.4, 0.5) is 0 Å². The SMILES string of the molecule is CCNC(=NCc1ccccn1)NCCCN1CCOCC1.I. The van der Waals surface area contributed by atoms with Gasteiger partial charge in [0.15, 0.2) is 5.96 Å². The van der Waals surface area contributed by atoms with Crippen molar-refractivity contribution in [1.82, 2.24) is 20.5 Å². The molecule has 0 aliphatic carbocycles. The van der Waals surface area contributed by atoms with Crippen molar-refractivity contribution in [1.29, 1.82) is 0 Å². The summed E-state index contributed by atoms with van der Waals surface area (Å²) in [5.74, 6) is 0.857. The summed E-state index contributed by atoms with van der Waals surface area (Å²) in [7, 11) is 0. The van der Waals surface area contributed by atoms with Crippen molar-refractivity contribution < 1.29 is 4.74 Å². The lowest BCUT2D eigenvalue weighted by Gasteiger charge is -2.26. The molecule has 0 aromatic carbocycles. The van der Waals surface area contributed by atoms with Crippen LogP contribution in [-0.4, -0.2) is 61.8 Å². The van der Waals surface area contributed by atoms with E-state index in [1.54, 1.807) is 6.20 Å². The van der Waals surface area contributed by atoms with E-state index in [0.717, 1.165) is 64.0 Å². The number of nitrogens with one attached hydrogen (secondary N) is 2. The van der Waals surface area contributed by atoms with Gasteiger partial charge in [0, 0.05) is 32.4 Å². The molecule has 0 bridgehead atoms. The van der Waals surface area contributed by atoms with Crippen LogP contribution in [0.2, 0.25) is 0 Å². The molecule has 1 aromatic rings. The number of aliphatic imine (C=N–C) groups is 1. The van der Waals surface area contributed by atoms with E-state index in [9.17, 15) is 0 Å². The molecule has 0 radical (unpaired) electrons. The molecular weight excluding hydrogens is 405 g/mol. The molecule has 2 N–H and O–H groups in total. The van der Waals surface area contributed by atoms with Gasteiger partial charge in [-0.05, 0) is 32.0 Å². The number of hydrogen-bond donors (Lipinski definition) is 2. The molecule has 23 heavy (non-hydrogen) atoms. The minimum atomic E-state index is 0. The number of aromatic nitrogens is 1. The Bertz CT molecular complexity index is 437. The zero-order chi connectivity index (χ0) is 15.5. The fourth-order valence-electron chi connectivity index (χ4n) is 2.33. The highest BCUT2D eigenvalue weighted by molar-refractivity contribution is 14.0. The summed E-state index contributed by atoms with van der Waals surface area (Å²) in [4.78, 5) is 11.3. The summed E-state index contributed by atoms with van der Waals surface area (Å²) in [6.07, 6.45) is 2.90. The molecule has 1 aliphatic heterocycles. The summed E-state index contributed by atoms with van der Waals surface area (Å²) < 4.78 is 5.36. The second-order valence-corrected chi connectivity index (χ2v) is 5.25. The predicted octanol–water partition coefficient (Wildman–Crippen LogP) is 1.48. The van der Waals surface area contributed by atoms with Gasteiger partial charge in [-0.25, -0.2) is 4.99 Å². The lowest BCUT2D eigenvalue weighted by atomic mass is 10.3. The third-order valence-corrected chi connectivity index (χ3v) is 3.52. The minimum Gasteiger partial charge on any atom is -0.379 e. The van der Waals surface area contributed by atoms with Gasteiger partial charge in [0.05, 0.1) is 25.5 Å². The summed E-state index contributed by atoms with van der Waals surface area (Å²) >= 11 is 0. The Balaban J connectivity index is 0.00000264. The first-order chi connectivity index (χ1) is 10.9. The molecule has 0 spiro atoms. The Morgan fingerprint density at radius 3 is 2.83 bits per heavy atom. The molecule has 6 nitrogen and oxygen atoms in total. The second kappa shape index (κ2) is 12.5. The molecule has 2 heterocycles. The molecular formula is C16H28IN5O. The van der Waals surface area contributed by atoms with Crippen molar-refractivity contribution in [2.45, 2.75) is 19.9 Å². The van der Waals surface area contributed by atoms with Gasteiger partial charge < -0.3 is 15.4 Å². The van der Waals surface area contributed by atoms with Gasteiger partial charge in [-0.2, -0.15) is 0 Å². The van der Waals surface area contributed by atoms with E-state index in [0.29, 0.717) is 6.54 Å². The first kappa shape index (κ1) is 20.1. The summed E-state index contributed by atoms with van der Waals surface area (Å²) in [6, 6.07) is 5.90. The Morgan fingerprint density at radius 1 is 1.30 bits per heavy atom. The summed E-state index contributed by atoms with van der Waals surface area (Å²) in [6.45, 7) is 9.38. The highest BCUT2D eigenvalue weighted by atomic mass is 127. The highest BCUT2D eigenvalue weighted by Gasteiger charge is 2.09. The average molecular weight is 433 g/mol. The van der Waals surface area contributed by atoms with Crippen LogP contribution in [0.5, 0.6) is 0 Å². The molecule has 0 atom stereocenters. The Morgan fingerprint density at radius 2 is 2.13 bits per heavy atom. The molecule has 1 saturated heterocycles. The first-order valence-corrected chi connectivity index (χ1v) is 8.10. The monoisotopic (exact) mass is 433 g/mol. The number of rotatable bonds is 7. The molecule has 7 heteroatoms. The highest BCUT2D eigenvalue weighted by Crippen LogP contribution is 1.98. The average Bonchev–Trinajstić information content (AvgIpc) is 2.58. The fourth-order valence-corrected chi connectivity index (χ4v) is 2.33. The van der Waals surface area contributed by atoms with Gasteiger partial charge >= 0.3 is 0 Å². The van der Waals surface area contributed by atoms with E-state index in [1.165, 1.54) is 0 Å². The van der Waals surface area contributed by atoms with E-state index in [1.807, 2.05) is 18.2 Å². The maximum atomic E-state index is 5.36. The molecule has 1 fully saturated rings. The number of ether oxygens (including phenoxy) is 1. The van der Waals surface area contributed by atoms with Crippen molar-refractivity contribution in [3.8, 4) is 0 Å². The lowest BCUT2D eigenvalue weighted by Crippen LogP contribution is -2.40. The maximum Gasteiger partial charge on any atom is 0.191 e.